The van der Waals surface area contributed by atoms with Gasteiger partial charge in [-0.2, -0.15) is 0 Å². The zero-order valence-corrected chi connectivity index (χ0v) is 23.0. The van der Waals surface area contributed by atoms with Crippen LogP contribution in [-0.2, 0) is 6.42 Å². The lowest BCUT2D eigenvalue weighted by Crippen LogP contribution is -2.52. The van der Waals surface area contributed by atoms with Gasteiger partial charge in [0.15, 0.2) is 0 Å². The van der Waals surface area contributed by atoms with Crippen molar-refractivity contribution in [2.24, 2.45) is 0 Å². The molecule has 1 unspecified atom stereocenters. The number of hydrogen-bond donors (Lipinski definition) is 0. The summed E-state index contributed by atoms with van der Waals surface area (Å²) in [6.07, 6.45) is 3.65. The molecular formula is C31H42ClFN4. The number of aryl methyl sites for hydroxylation is 1. The number of likely N-dealkylation sites (N-methyl/N-ethyl adjacent to an activating group) is 1. The molecule has 3 aromatic carbocycles. The lowest BCUT2D eigenvalue weighted by atomic mass is 10.00. The van der Waals surface area contributed by atoms with E-state index in [0.717, 1.165) is 65.3 Å². The van der Waals surface area contributed by atoms with E-state index in [4.69, 9.17) is 0 Å². The number of hydrogen-bond acceptors (Lipinski definition) is 4. The number of piperazine rings is 2. The summed E-state index contributed by atoms with van der Waals surface area (Å²) in [4.78, 5) is 10.3. The fourth-order valence-corrected chi connectivity index (χ4v) is 5.85. The molecule has 2 saturated heterocycles. The van der Waals surface area contributed by atoms with Gasteiger partial charge in [0.05, 0.1) is 0 Å². The van der Waals surface area contributed by atoms with Crippen LogP contribution in [0, 0.1) is 5.82 Å². The van der Waals surface area contributed by atoms with E-state index in [1.165, 1.54) is 41.3 Å². The van der Waals surface area contributed by atoms with Crippen LogP contribution in [0.1, 0.15) is 30.0 Å². The monoisotopic (exact) mass is 524 g/mol. The van der Waals surface area contributed by atoms with E-state index in [1.54, 1.807) is 12.1 Å². The summed E-state index contributed by atoms with van der Waals surface area (Å²) in [7, 11) is 2.20. The van der Waals surface area contributed by atoms with Gasteiger partial charge in [0.2, 0.25) is 0 Å². The van der Waals surface area contributed by atoms with E-state index in [-0.39, 0.29) is 18.2 Å². The van der Waals surface area contributed by atoms with Crippen LogP contribution in [0.3, 0.4) is 0 Å². The quantitative estimate of drug-likeness (QED) is 0.351. The molecule has 2 aliphatic heterocycles. The smallest absolute Gasteiger partial charge is 0.123 e. The average molecular weight is 525 g/mol. The Labute approximate surface area is 228 Å². The fourth-order valence-electron chi connectivity index (χ4n) is 5.85. The zero-order valence-electron chi connectivity index (χ0n) is 22.2. The molecule has 2 fully saturated rings. The van der Waals surface area contributed by atoms with Crippen LogP contribution < -0.4 is 0 Å². The summed E-state index contributed by atoms with van der Waals surface area (Å²) in [5, 5.41) is 2.76. The molecule has 200 valence electrons. The van der Waals surface area contributed by atoms with Crippen LogP contribution in [-0.4, -0.2) is 92.1 Å². The molecule has 2 heterocycles. The van der Waals surface area contributed by atoms with Gasteiger partial charge in [-0.15, -0.1) is 12.4 Å². The van der Waals surface area contributed by atoms with Crippen molar-refractivity contribution in [1.82, 2.24) is 19.6 Å². The van der Waals surface area contributed by atoms with Crippen molar-refractivity contribution >= 4 is 23.2 Å². The Bertz CT molecular complexity index is 1090. The van der Waals surface area contributed by atoms with Gasteiger partial charge in [-0.1, -0.05) is 54.6 Å². The summed E-state index contributed by atoms with van der Waals surface area (Å²) >= 11 is 0. The van der Waals surface area contributed by atoms with E-state index in [2.05, 4.69) is 69.1 Å². The van der Waals surface area contributed by atoms with E-state index < -0.39 is 0 Å². The van der Waals surface area contributed by atoms with Crippen LogP contribution >= 0.6 is 12.4 Å². The molecule has 0 N–H and O–H groups in total. The second-order valence-corrected chi connectivity index (χ2v) is 10.6. The topological polar surface area (TPSA) is 13.0 Å². The van der Waals surface area contributed by atoms with Crippen LogP contribution in [0.2, 0.25) is 0 Å². The fraction of sp³-hybridized carbons (Fsp3) is 0.484. The predicted molar refractivity (Wildman–Crippen MR) is 155 cm³/mol. The highest BCUT2D eigenvalue weighted by atomic mass is 35.5. The van der Waals surface area contributed by atoms with Crippen molar-refractivity contribution < 1.29 is 4.39 Å². The van der Waals surface area contributed by atoms with Crippen molar-refractivity contribution in [2.75, 3.05) is 72.5 Å². The first-order chi connectivity index (χ1) is 17.7. The first-order valence-corrected chi connectivity index (χ1v) is 13.7. The Morgan fingerprint density at radius 3 is 2.16 bits per heavy atom. The maximum absolute atomic E-state index is 13.6. The molecular weight excluding hydrogens is 483 g/mol. The van der Waals surface area contributed by atoms with Crippen LogP contribution in [0.25, 0.3) is 10.8 Å². The van der Waals surface area contributed by atoms with Crippen molar-refractivity contribution in [3.05, 3.63) is 83.7 Å². The molecule has 0 aromatic heterocycles. The summed E-state index contributed by atoms with van der Waals surface area (Å²) in [6.45, 7) is 11.1. The molecule has 37 heavy (non-hydrogen) atoms. The molecule has 3 aromatic rings. The van der Waals surface area contributed by atoms with Gasteiger partial charge in [-0.25, -0.2) is 4.39 Å². The summed E-state index contributed by atoms with van der Waals surface area (Å²) in [5.41, 5.74) is 2.73. The Morgan fingerprint density at radius 1 is 0.730 bits per heavy atom. The Hall–Kier alpha value is -2.02. The highest BCUT2D eigenvalue weighted by Crippen LogP contribution is 2.25. The molecule has 4 nitrogen and oxygen atoms in total. The molecule has 1 atom stereocenters. The van der Waals surface area contributed by atoms with Gasteiger partial charge in [0, 0.05) is 64.9 Å². The molecule has 5 rings (SSSR count). The minimum Gasteiger partial charge on any atom is -0.304 e. The van der Waals surface area contributed by atoms with E-state index in [0.29, 0.717) is 6.04 Å². The molecule has 0 aliphatic carbocycles. The van der Waals surface area contributed by atoms with Crippen molar-refractivity contribution in [1.29, 1.82) is 0 Å². The van der Waals surface area contributed by atoms with Crippen molar-refractivity contribution in [2.45, 2.75) is 25.3 Å². The maximum atomic E-state index is 13.6. The second-order valence-electron chi connectivity index (χ2n) is 10.6. The largest absolute Gasteiger partial charge is 0.304 e. The highest BCUT2D eigenvalue weighted by Gasteiger charge is 2.27. The lowest BCUT2D eigenvalue weighted by Gasteiger charge is -2.42. The van der Waals surface area contributed by atoms with Crippen LogP contribution in [0.4, 0.5) is 4.39 Å². The Balaban J connectivity index is 0.00000320. The van der Waals surface area contributed by atoms with E-state index >= 15 is 0 Å². The third kappa shape index (κ3) is 7.52. The third-order valence-electron chi connectivity index (χ3n) is 8.18. The van der Waals surface area contributed by atoms with Gasteiger partial charge < -0.3 is 9.80 Å². The average Bonchev–Trinajstić information content (AvgIpc) is 2.92. The molecule has 6 heteroatoms. The molecule has 0 saturated carbocycles. The number of halogens is 2. The minimum atomic E-state index is -0.148. The number of benzene rings is 3. The predicted octanol–water partition coefficient (Wildman–Crippen LogP) is 5.33. The molecule has 2 aliphatic rings. The summed E-state index contributed by atoms with van der Waals surface area (Å²) < 4.78 is 13.6. The first-order valence-electron chi connectivity index (χ1n) is 13.7. The second kappa shape index (κ2) is 13.7. The van der Waals surface area contributed by atoms with Gasteiger partial charge >= 0.3 is 0 Å². The molecule has 0 amide bonds. The van der Waals surface area contributed by atoms with Crippen LogP contribution in [0.15, 0.2) is 66.7 Å². The highest BCUT2D eigenvalue weighted by molar-refractivity contribution is 5.86. The van der Waals surface area contributed by atoms with E-state index in [1.807, 2.05) is 12.1 Å². The molecule has 0 bridgehead atoms. The van der Waals surface area contributed by atoms with Gasteiger partial charge in [-0.3, -0.25) is 9.80 Å². The number of unbranched alkanes of at least 4 members (excludes halogenated alkanes) is 1. The standard InChI is InChI=1S/C31H41FN4.ClH/c1-33-17-23-36(24-18-33)31(28-12-14-29(32)15-13-28)25-35-21-19-34(20-22-35)16-5-4-8-27-10-6-9-26-7-2-3-11-30(26)27;/h2-3,6-7,9-15,31H,4-5,8,16-25H2,1H3;1H. The number of fused-ring (bicyclic) bond motifs is 1. The summed E-state index contributed by atoms with van der Waals surface area (Å²) in [5.74, 6) is -0.148. The number of nitrogens with zero attached hydrogens (tertiary/aromatic N) is 4. The molecule has 0 spiro atoms. The van der Waals surface area contributed by atoms with Gasteiger partial charge in [0.25, 0.3) is 0 Å². The molecule has 0 radical (unpaired) electrons. The SMILES string of the molecule is CN1CCN(C(CN2CCN(CCCCc3cccc4ccccc34)CC2)c2ccc(F)cc2)CC1.Cl. The minimum absolute atomic E-state index is 0. The Kier molecular flexibility index (Phi) is 10.4. The Morgan fingerprint density at radius 2 is 1.41 bits per heavy atom. The van der Waals surface area contributed by atoms with Gasteiger partial charge in [-0.05, 0) is 66.9 Å². The maximum Gasteiger partial charge on any atom is 0.123 e. The lowest BCUT2D eigenvalue weighted by molar-refractivity contribution is 0.0635. The van der Waals surface area contributed by atoms with Gasteiger partial charge in [0.1, 0.15) is 5.82 Å². The zero-order chi connectivity index (χ0) is 24.7. The summed E-state index contributed by atoms with van der Waals surface area (Å²) in [6, 6.07) is 23.0. The normalized spacial score (nSPS) is 19.1. The first kappa shape index (κ1) is 28.0. The van der Waals surface area contributed by atoms with Crippen molar-refractivity contribution in [3.8, 4) is 0 Å². The third-order valence-corrected chi connectivity index (χ3v) is 8.18. The van der Waals surface area contributed by atoms with Crippen molar-refractivity contribution in [3.63, 3.8) is 0 Å². The van der Waals surface area contributed by atoms with E-state index in [9.17, 15) is 4.39 Å². The van der Waals surface area contributed by atoms with Crippen LogP contribution in [0.5, 0.6) is 0 Å². The number of rotatable bonds is 9.